The van der Waals surface area contributed by atoms with Crippen molar-refractivity contribution in [2.45, 2.75) is 39.2 Å². The van der Waals surface area contributed by atoms with Crippen LogP contribution < -0.4 is 11.1 Å². The van der Waals surface area contributed by atoms with E-state index in [2.05, 4.69) is 17.2 Å². The normalized spacial score (nSPS) is 12.1. The van der Waals surface area contributed by atoms with Gasteiger partial charge in [0.25, 0.3) is 5.91 Å². The molecule has 5 heteroatoms. The molecule has 1 heterocycles. The molecular formula is C17H23N3OS. The summed E-state index contributed by atoms with van der Waals surface area (Å²) in [6.07, 6.45) is 3.09. The van der Waals surface area contributed by atoms with E-state index >= 15 is 0 Å². The maximum Gasteiger partial charge on any atom is 0.251 e. The maximum absolute atomic E-state index is 12.4. The number of nitrogens with one attached hydrogen (secondary N) is 1. The number of aromatic nitrogens is 1. The summed E-state index contributed by atoms with van der Waals surface area (Å²) >= 11 is 1.59. The van der Waals surface area contributed by atoms with Crippen molar-refractivity contribution in [1.29, 1.82) is 0 Å². The van der Waals surface area contributed by atoms with Gasteiger partial charge < -0.3 is 11.1 Å². The summed E-state index contributed by atoms with van der Waals surface area (Å²) in [7, 11) is 0. The van der Waals surface area contributed by atoms with Crippen LogP contribution in [0.15, 0.2) is 29.6 Å². The van der Waals surface area contributed by atoms with Gasteiger partial charge in [-0.15, -0.1) is 11.3 Å². The third kappa shape index (κ3) is 4.39. The van der Waals surface area contributed by atoms with E-state index in [1.807, 2.05) is 36.6 Å². The molecule has 0 saturated heterocycles. The van der Waals surface area contributed by atoms with Crippen molar-refractivity contribution >= 4 is 17.2 Å². The van der Waals surface area contributed by atoms with E-state index in [-0.39, 0.29) is 11.9 Å². The molecule has 0 fully saturated rings. The van der Waals surface area contributed by atoms with Crippen molar-refractivity contribution in [3.63, 3.8) is 0 Å². The molecule has 0 aliphatic rings. The van der Waals surface area contributed by atoms with Crippen LogP contribution in [0.4, 0.5) is 0 Å². The second kappa shape index (κ2) is 8.06. The highest BCUT2D eigenvalue weighted by Gasteiger charge is 2.13. The molecule has 0 saturated carbocycles. The number of carbonyl (C=O) groups excluding carboxylic acids is 1. The predicted octanol–water partition coefficient (Wildman–Crippen LogP) is 3.37. The van der Waals surface area contributed by atoms with Crippen molar-refractivity contribution in [3.05, 3.63) is 40.9 Å². The van der Waals surface area contributed by atoms with Gasteiger partial charge in [0.05, 0.1) is 0 Å². The van der Waals surface area contributed by atoms with Gasteiger partial charge in [-0.05, 0) is 25.5 Å². The minimum atomic E-state index is -0.0679. The Morgan fingerprint density at radius 2 is 2.27 bits per heavy atom. The Labute approximate surface area is 135 Å². The summed E-state index contributed by atoms with van der Waals surface area (Å²) in [5, 5.41) is 5.97. The van der Waals surface area contributed by atoms with Crippen LogP contribution in [0.25, 0.3) is 10.6 Å². The first-order valence-corrected chi connectivity index (χ1v) is 8.55. The summed E-state index contributed by atoms with van der Waals surface area (Å²) in [4.78, 5) is 16.8. The van der Waals surface area contributed by atoms with Gasteiger partial charge in [-0.3, -0.25) is 4.79 Å². The molecule has 2 aromatic rings. The fourth-order valence-electron chi connectivity index (χ4n) is 2.25. The molecule has 1 aromatic heterocycles. The van der Waals surface area contributed by atoms with Crippen LogP contribution in [0, 0.1) is 6.92 Å². The molecule has 22 heavy (non-hydrogen) atoms. The fourth-order valence-corrected chi connectivity index (χ4v) is 3.04. The van der Waals surface area contributed by atoms with Gasteiger partial charge in [0.1, 0.15) is 5.01 Å². The number of thiazole rings is 1. The zero-order valence-corrected chi connectivity index (χ0v) is 14.0. The number of unbranched alkanes of at least 4 members (excludes halogenated alkanes) is 1. The second-order valence-electron chi connectivity index (χ2n) is 5.42. The first-order chi connectivity index (χ1) is 10.6. The number of carbonyl (C=O) groups is 1. The summed E-state index contributed by atoms with van der Waals surface area (Å²) in [6.45, 7) is 4.57. The SMILES string of the molecule is CCCCC(CN)NC(=O)c1cccc(-c2nc(C)cs2)c1. The van der Waals surface area contributed by atoms with E-state index in [0.29, 0.717) is 12.1 Å². The smallest absolute Gasteiger partial charge is 0.251 e. The van der Waals surface area contributed by atoms with Crippen molar-refractivity contribution in [3.8, 4) is 10.6 Å². The largest absolute Gasteiger partial charge is 0.348 e. The third-order valence-corrected chi connectivity index (χ3v) is 4.53. The molecule has 1 aromatic carbocycles. The van der Waals surface area contributed by atoms with Gasteiger partial charge >= 0.3 is 0 Å². The number of hydrogen-bond donors (Lipinski definition) is 2. The standard InChI is InChI=1S/C17H23N3OS/c1-3-4-8-15(10-18)20-16(21)13-6-5-7-14(9-13)17-19-12(2)11-22-17/h5-7,9,11,15H,3-4,8,10,18H2,1-2H3,(H,20,21). The molecule has 1 unspecified atom stereocenters. The van der Waals surface area contributed by atoms with Crippen molar-refractivity contribution < 1.29 is 4.79 Å². The predicted molar refractivity (Wildman–Crippen MR) is 92.1 cm³/mol. The summed E-state index contributed by atoms with van der Waals surface area (Å²) in [6, 6.07) is 7.63. The number of rotatable bonds is 7. The van der Waals surface area contributed by atoms with Gasteiger partial charge in [-0.1, -0.05) is 31.9 Å². The maximum atomic E-state index is 12.4. The van der Waals surface area contributed by atoms with Gasteiger partial charge in [0.15, 0.2) is 0 Å². The molecule has 0 bridgehead atoms. The Balaban J connectivity index is 2.10. The highest BCUT2D eigenvalue weighted by atomic mass is 32.1. The molecule has 1 atom stereocenters. The molecule has 0 radical (unpaired) electrons. The Hall–Kier alpha value is -1.72. The number of aryl methyl sites for hydroxylation is 1. The van der Waals surface area contributed by atoms with Crippen molar-refractivity contribution in [1.82, 2.24) is 10.3 Å². The van der Waals surface area contributed by atoms with E-state index < -0.39 is 0 Å². The number of benzene rings is 1. The lowest BCUT2D eigenvalue weighted by Gasteiger charge is -2.16. The van der Waals surface area contributed by atoms with Gasteiger partial charge in [0, 0.05) is 34.8 Å². The fraction of sp³-hybridized carbons (Fsp3) is 0.412. The highest BCUT2D eigenvalue weighted by Crippen LogP contribution is 2.24. The topological polar surface area (TPSA) is 68.0 Å². The number of nitrogens with two attached hydrogens (primary N) is 1. The molecule has 3 N–H and O–H groups in total. The molecule has 118 valence electrons. The van der Waals surface area contributed by atoms with Gasteiger partial charge in [-0.2, -0.15) is 0 Å². The zero-order chi connectivity index (χ0) is 15.9. The third-order valence-electron chi connectivity index (χ3n) is 3.52. The van der Waals surface area contributed by atoms with Crippen LogP contribution >= 0.6 is 11.3 Å². The van der Waals surface area contributed by atoms with Crippen molar-refractivity contribution in [2.24, 2.45) is 5.73 Å². The van der Waals surface area contributed by atoms with E-state index in [0.717, 1.165) is 35.5 Å². The molecule has 4 nitrogen and oxygen atoms in total. The summed E-state index contributed by atoms with van der Waals surface area (Å²) < 4.78 is 0. The Kier molecular flexibility index (Phi) is 6.10. The van der Waals surface area contributed by atoms with E-state index in [1.54, 1.807) is 11.3 Å². The monoisotopic (exact) mass is 317 g/mol. The van der Waals surface area contributed by atoms with Crippen LogP contribution in [0.3, 0.4) is 0 Å². The molecule has 1 amide bonds. The summed E-state index contributed by atoms with van der Waals surface area (Å²) in [5.41, 5.74) is 8.37. The number of hydrogen-bond acceptors (Lipinski definition) is 4. The van der Waals surface area contributed by atoms with Gasteiger partial charge in [-0.25, -0.2) is 4.98 Å². The first-order valence-electron chi connectivity index (χ1n) is 7.67. The lowest BCUT2D eigenvalue weighted by atomic mass is 10.1. The van der Waals surface area contributed by atoms with Crippen LogP contribution in [-0.4, -0.2) is 23.5 Å². The highest BCUT2D eigenvalue weighted by molar-refractivity contribution is 7.13. The molecule has 0 spiro atoms. The van der Waals surface area contributed by atoms with Gasteiger partial charge in [0.2, 0.25) is 0 Å². The average Bonchev–Trinajstić information content (AvgIpc) is 2.98. The molecule has 2 rings (SSSR count). The Morgan fingerprint density at radius 3 is 2.91 bits per heavy atom. The molecular weight excluding hydrogens is 294 g/mol. The van der Waals surface area contributed by atoms with E-state index in [1.165, 1.54) is 0 Å². The van der Waals surface area contributed by atoms with Crippen molar-refractivity contribution in [2.75, 3.05) is 6.54 Å². The van der Waals surface area contributed by atoms with Crippen LogP contribution in [0.5, 0.6) is 0 Å². The van der Waals surface area contributed by atoms with Crippen LogP contribution in [-0.2, 0) is 0 Å². The lowest BCUT2D eigenvalue weighted by molar-refractivity contribution is 0.0936. The Morgan fingerprint density at radius 1 is 1.45 bits per heavy atom. The second-order valence-corrected chi connectivity index (χ2v) is 6.28. The van der Waals surface area contributed by atoms with Crippen LogP contribution in [0.2, 0.25) is 0 Å². The first kappa shape index (κ1) is 16.6. The summed E-state index contributed by atoms with van der Waals surface area (Å²) in [5.74, 6) is -0.0679. The molecule has 0 aliphatic heterocycles. The van der Waals surface area contributed by atoms with Crippen LogP contribution in [0.1, 0.15) is 42.2 Å². The minimum Gasteiger partial charge on any atom is -0.348 e. The zero-order valence-electron chi connectivity index (χ0n) is 13.1. The number of amides is 1. The quantitative estimate of drug-likeness (QED) is 0.822. The minimum absolute atomic E-state index is 0.0400. The number of nitrogens with zero attached hydrogens (tertiary/aromatic N) is 1. The van der Waals surface area contributed by atoms with E-state index in [4.69, 9.17) is 5.73 Å². The molecule has 0 aliphatic carbocycles. The average molecular weight is 317 g/mol. The Bertz CT molecular complexity index is 624. The lowest BCUT2D eigenvalue weighted by Crippen LogP contribution is -2.40. The van der Waals surface area contributed by atoms with E-state index in [9.17, 15) is 4.79 Å².